The molecule has 3 aromatic carbocycles. The molecule has 0 radical (unpaired) electrons. The first-order valence-electron chi connectivity index (χ1n) is 10.3. The molecule has 0 aliphatic carbocycles. The number of rotatable bonds is 5. The monoisotopic (exact) mass is 434 g/mol. The largest absolute Gasteiger partial charge is 0.308 e. The Labute approximate surface area is 183 Å². The van der Waals surface area contributed by atoms with Crippen molar-refractivity contribution in [1.82, 2.24) is 4.72 Å². The van der Waals surface area contributed by atoms with Crippen molar-refractivity contribution in [3.8, 4) is 0 Å². The molecule has 160 valence electrons. The van der Waals surface area contributed by atoms with E-state index in [9.17, 15) is 13.2 Å². The lowest BCUT2D eigenvalue weighted by Gasteiger charge is -2.18. The number of hydrogen-bond acceptors (Lipinski definition) is 3. The Morgan fingerprint density at radius 3 is 2.52 bits per heavy atom. The molecule has 1 amide bonds. The van der Waals surface area contributed by atoms with E-state index in [0.717, 1.165) is 34.4 Å². The van der Waals surface area contributed by atoms with Crippen LogP contribution in [0.4, 0.5) is 5.69 Å². The van der Waals surface area contributed by atoms with Gasteiger partial charge in [0.1, 0.15) is 0 Å². The molecule has 6 heteroatoms. The fourth-order valence-electron chi connectivity index (χ4n) is 3.93. The van der Waals surface area contributed by atoms with Crippen molar-refractivity contribution >= 4 is 21.6 Å². The fourth-order valence-corrected chi connectivity index (χ4v) is 5.28. The summed E-state index contributed by atoms with van der Waals surface area (Å²) in [4.78, 5) is 15.1. The van der Waals surface area contributed by atoms with E-state index in [1.165, 1.54) is 0 Å². The molecule has 0 unspecified atom stereocenters. The Bertz CT molecular complexity index is 1270. The predicted molar refractivity (Wildman–Crippen MR) is 123 cm³/mol. The smallest absolute Gasteiger partial charge is 0.258 e. The Hall–Kier alpha value is -2.96. The number of aryl methyl sites for hydroxylation is 3. The van der Waals surface area contributed by atoms with Gasteiger partial charge in [0.25, 0.3) is 5.91 Å². The highest BCUT2D eigenvalue weighted by molar-refractivity contribution is 7.89. The summed E-state index contributed by atoms with van der Waals surface area (Å²) in [7, 11) is -3.63. The Kier molecular flexibility index (Phi) is 5.69. The van der Waals surface area contributed by atoms with Crippen molar-refractivity contribution in [3.63, 3.8) is 0 Å². The molecule has 1 N–H and O–H groups in total. The number of amides is 1. The molecule has 0 aromatic heterocycles. The number of carbonyl (C=O) groups excluding carboxylic acids is 1. The molecule has 0 fully saturated rings. The van der Waals surface area contributed by atoms with E-state index in [1.54, 1.807) is 17.9 Å². The maximum absolute atomic E-state index is 13.1. The van der Waals surface area contributed by atoms with Gasteiger partial charge in [-0.25, -0.2) is 13.1 Å². The standard InChI is InChI=1S/C25H26N2O3S/c1-17-5-4-6-22(13-17)25(28)27-12-11-21-10-9-20(15-23(21)27)16-26-31(29,30)24-14-18(2)7-8-19(24)3/h4-10,13-15,26H,11-12,16H2,1-3H3. The quantitative estimate of drug-likeness (QED) is 0.651. The minimum absolute atomic E-state index is 0.0319. The maximum Gasteiger partial charge on any atom is 0.258 e. The Balaban J connectivity index is 1.55. The van der Waals surface area contributed by atoms with Crippen LogP contribution in [0.3, 0.4) is 0 Å². The van der Waals surface area contributed by atoms with Gasteiger partial charge in [0.2, 0.25) is 10.0 Å². The SMILES string of the molecule is Cc1cccc(C(=O)N2CCc3ccc(CNS(=O)(=O)c4cc(C)ccc4C)cc32)c1. The summed E-state index contributed by atoms with van der Waals surface area (Å²) in [6.45, 7) is 6.42. The van der Waals surface area contributed by atoms with Gasteiger partial charge in [-0.15, -0.1) is 0 Å². The van der Waals surface area contributed by atoms with Crippen LogP contribution in [-0.2, 0) is 23.0 Å². The lowest BCUT2D eigenvalue weighted by molar-refractivity contribution is 0.0989. The summed E-state index contributed by atoms with van der Waals surface area (Å²) < 4.78 is 28.4. The third-order valence-corrected chi connectivity index (χ3v) is 7.20. The molecule has 0 saturated heterocycles. The van der Waals surface area contributed by atoms with Crippen LogP contribution >= 0.6 is 0 Å². The lowest BCUT2D eigenvalue weighted by Crippen LogP contribution is -2.29. The molecule has 0 atom stereocenters. The zero-order valence-electron chi connectivity index (χ0n) is 18.0. The van der Waals surface area contributed by atoms with E-state index in [0.29, 0.717) is 22.6 Å². The van der Waals surface area contributed by atoms with E-state index in [2.05, 4.69) is 4.72 Å². The summed E-state index contributed by atoms with van der Waals surface area (Å²) in [5, 5.41) is 0. The van der Waals surface area contributed by atoms with Crippen molar-refractivity contribution in [1.29, 1.82) is 0 Å². The van der Waals surface area contributed by atoms with E-state index in [-0.39, 0.29) is 12.5 Å². The number of nitrogens with zero attached hydrogens (tertiary/aromatic N) is 1. The second-order valence-corrected chi connectivity index (χ2v) is 9.87. The normalized spacial score (nSPS) is 13.3. The lowest BCUT2D eigenvalue weighted by atomic mass is 10.1. The van der Waals surface area contributed by atoms with Crippen LogP contribution in [-0.4, -0.2) is 20.9 Å². The number of carbonyl (C=O) groups is 1. The molecule has 0 bridgehead atoms. The van der Waals surface area contributed by atoms with Gasteiger partial charge in [-0.05, 0) is 73.7 Å². The second kappa shape index (κ2) is 8.29. The number of fused-ring (bicyclic) bond motifs is 1. The van der Waals surface area contributed by atoms with Crippen LogP contribution in [0.25, 0.3) is 0 Å². The maximum atomic E-state index is 13.1. The van der Waals surface area contributed by atoms with Crippen LogP contribution in [0.5, 0.6) is 0 Å². The van der Waals surface area contributed by atoms with Crippen molar-refractivity contribution in [3.05, 3.63) is 94.0 Å². The summed E-state index contributed by atoms with van der Waals surface area (Å²) in [6.07, 6.45) is 0.793. The zero-order chi connectivity index (χ0) is 22.2. The summed E-state index contributed by atoms with van der Waals surface area (Å²) in [6, 6.07) is 18.8. The van der Waals surface area contributed by atoms with Gasteiger partial charge in [-0.2, -0.15) is 0 Å². The third kappa shape index (κ3) is 4.40. The van der Waals surface area contributed by atoms with E-state index < -0.39 is 10.0 Å². The van der Waals surface area contributed by atoms with Crippen molar-refractivity contribution in [2.45, 2.75) is 38.6 Å². The van der Waals surface area contributed by atoms with Crippen LogP contribution < -0.4 is 9.62 Å². The summed E-state index contributed by atoms with van der Waals surface area (Å²) in [5.41, 5.74) is 6.08. The van der Waals surface area contributed by atoms with Crippen molar-refractivity contribution in [2.75, 3.05) is 11.4 Å². The van der Waals surface area contributed by atoms with Crippen LogP contribution in [0.2, 0.25) is 0 Å². The van der Waals surface area contributed by atoms with Gasteiger partial charge in [0, 0.05) is 24.3 Å². The highest BCUT2D eigenvalue weighted by atomic mass is 32.2. The average Bonchev–Trinajstić information content (AvgIpc) is 3.16. The first-order chi connectivity index (χ1) is 14.7. The molecule has 1 aliphatic rings. The van der Waals surface area contributed by atoms with Gasteiger partial charge in [0.05, 0.1) is 4.90 Å². The molecule has 1 heterocycles. The molecule has 31 heavy (non-hydrogen) atoms. The minimum atomic E-state index is -3.63. The first-order valence-corrected chi connectivity index (χ1v) is 11.8. The summed E-state index contributed by atoms with van der Waals surface area (Å²) >= 11 is 0. The fraction of sp³-hybridized carbons (Fsp3) is 0.240. The van der Waals surface area contributed by atoms with Crippen molar-refractivity contribution < 1.29 is 13.2 Å². The van der Waals surface area contributed by atoms with E-state index in [1.807, 2.05) is 68.4 Å². The predicted octanol–water partition coefficient (Wildman–Crippen LogP) is 4.29. The topological polar surface area (TPSA) is 66.5 Å². The number of hydrogen-bond donors (Lipinski definition) is 1. The van der Waals surface area contributed by atoms with Gasteiger partial charge in [-0.1, -0.05) is 42.0 Å². The number of anilines is 1. The Morgan fingerprint density at radius 1 is 0.968 bits per heavy atom. The molecular weight excluding hydrogens is 408 g/mol. The molecule has 0 spiro atoms. The number of sulfonamides is 1. The molecule has 4 rings (SSSR count). The van der Waals surface area contributed by atoms with E-state index in [4.69, 9.17) is 0 Å². The van der Waals surface area contributed by atoms with Crippen LogP contribution in [0.15, 0.2) is 65.6 Å². The minimum Gasteiger partial charge on any atom is -0.308 e. The third-order valence-electron chi connectivity index (χ3n) is 5.65. The first kappa shape index (κ1) is 21.3. The van der Waals surface area contributed by atoms with E-state index >= 15 is 0 Å². The van der Waals surface area contributed by atoms with Gasteiger partial charge < -0.3 is 4.90 Å². The second-order valence-electron chi connectivity index (χ2n) is 8.13. The van der Waals surface area contributed by atoms with Gasteiger partial charge in [-0.3, -0.25) is 4.79 Å². The molecule has 1 aliphatic heterocycles. The highest BCUT2D eigenvalue weighted by Crippen LogP contribution is 2.31. The average molecular weight is 435 g/mol. The summed E-state index contributed by atoms with van der Waals surface area (Å²) in [5.74, 6) is -0.0319. The highest BCUT2D eigenvalue weighted by Gasteiger charge is 2.26. The molecule has 0 saturated carbocycles. The Morgan fingerprint density at radius 2 is 1.74 bits per heavy atom. The number of benzene rings is 3. The molecule has 5 nitrogen and oxygen atoms in total. The van der Waals surface area contributed by atoms with Gasteiger partial charge in [0.15, 0.2) is 0 Å². The van der Waals surface area contributed by atoms with Crippen LogP contribution in [0.1, 0.15) is 38.2 Å². The van der Waals surface area contributed by atoms with Crippen molar-refractivity contribution in [2.24, 2.45) is 0 Å². The van der Waals surface area contributed by atoms with Gasteiger partial charge >= 0.3 is 0 Å². The molecular formula is C25H26N2O3S. The number of nitrogens with one attached hydrogen (secondary N) is 1. The van der Waals surface area contributed by atoms with Crippen LogP contribution in [0, 0.1) is 20.8 Å². The zero-order valence-corrected chi connectivity index (χ0v) is 18.8. The molecule has 3 aromatic rings.